The van der Waals surface area contributed by atoms with Crippen molar-refractivity contribution in [3.8, 4) is 0 Å². The Morgan fingerprint density at radius 3 is 1.83 bits per heavy atom. The number of benzene rings is 1. The minimum absolute atomic E-state index is 0.00203. The minimum Gasteiger partial charge on any atom is -0.379 e. The van der Waals surface area contributed by atoms with Crippen molar-refractivity contribution < 1.29 is 61.9 Å². The Bertz CT molecular complexity index is 1740. The van der Waals surface area contributed by atoms with Crippen LogP contribution in [0.5, 0.6) is 0 Å². The lowest BCUT2D eigenvalue weighted by Gasteiger charge is -2.41. The van der Waals surface area contributed by atoms with Gasteiger partial charge in [-0.25, -0.2) is 0 Å². The van der Waals surface area contributed by atoms with E-state index in [-0.39, 0.29) is 73.0 Å². The standard InChI is InChI=1S/C53H92N6O13/c1-11-39(4)47(43(65-9)36-45(61)59-23-15-18-42(59)48(66-10)40(5)49(62)55-37-53(20-21-53)41-16-13-12-14-17-41)58(8)50(63)46(38(2)3)56-51(64)52(6,7)57-44(60)19-24-67-26-28-69-30-32-71-34-35-72-33-31-70-29-27-68-25-22-54/h12-14,16-17,38-40,42-43,46-48H,11,15,18-37,54H2,1-10H3,(H,55,62)(H,56,64)(H,57,60)/t39?,40?,42-,43?,46?,47?,48?/m0/s1. The summed E-state index contributed by atoms with van der Waals surface area (Å²) >= 11 is 0. The van der Waals surface area contributed by atoms with Crippen molar-refractivity contribution in [3.05, 3.63) is 35.9 Å². The fourth-order valence-corrected chi connectivity index (χ4v) is 9.21. The summed E-state index contributed by atoms with van der Waals surface area (Å²) in [6.45, 7) is 19.2. The second kappa shape index (κ2) is 33.2. The molecule has 6 unspecified atom stereocenters. The maximum absolute atomic E-state index is 14.5. The molecule has 412 valence electrons. The van der Waals surface area contributed by atoms with Gasteiger partial charge in [-0.2, -0.15) is 0 Å². The summed E-state index contributed by atoms with van der Waals surface area (Å²) in [4.78, 5) is 72.6. The second-order valence-corrected chi connectivity index (χ2v) is 20.0. The number of rotatable bonds is 39. The molecule has 1 saturated heterocycles. The molecule has 0 radical (unpaired) electrons. The molecule has 0 bridgehead atoms. The van der Waals surface area contributed by atoms with E-state index >= 15 is 0 Å². The zero-order chi connectivity index (χ0) is 53.1. The van der Waals surface area contributed by atoms with Gasteiger partial charge in [0.05, 0.1) is 116 Å². The van der Waals surface area contributed by atoms with Crippen molar-refractivity contribution in [2.24, 2.45) is 23.5 Å². The highest BCUT2D eigenvalue weighted by Gasteiger charge is 2.46. The Kier molecular flexibility index (Phi) is 28.8. The molecule has 1 aromatic rings. The Balaban J connectivity index is 1.46. The number of methoxy groups -OCH3 is 2. The van der Waals surface area contributed by atoms with Crippen molar-refractivity contribution in [3.63, 3.8) is 0 Å². The summed E-state index contributed by atoms with van der Waals surface area (Å²) in [6, 6.07) is 8.50. The van der Waals surface area contributed by atoms with Crippen LogP contribution in [0.25, 0.3) is 0 Å². The molecule has 5 amide bonds. The quantitative estimate of drug-likeness (QED) is 0.0695. The topological polar surface area (TPSA) is 228 Å². The Labute approximate surface area is 430 Å². The number of amides is 5. The van der Waals surface area contributed by atoms with Gasteiger partial charge in [0.25, 0.3) is 0 Å². The van der Waals surface area contributed by atoms with Gasteiger partial charge in [0.1, 0.15) is 11.6 Å². The lowest BCUT2D eigenvalue weighted by molar-refractivity contribution is -0.148. The van der Waals surface area contributed by atoms with Crippen LogP contribution in [-0.4, -0.2) is 195 Å². The summed E-state index contributed by atoms with van der Waals surface area (Å²) in [5.74, 6) is -2.40. The van der Waals surface area contributed by atoms with Crippen molar-refractivity contribution >= 4 is 29.5 Å². The minimum atomic E-state index is -1.35. The van der Waals surface area contributed by atoms with E-state index in [2.05, 4.69) is 28.1 Å². The average Bonchev–Trinajstić information content (AvgIpc) is 4.01. The van der Waals surface area contributed by atoms with Gasteiger partial charge in [-0.3, -0.25) is 24.0 Å². The zero-order valence-electron chi connectivity index (χ0n) is 45.3. The molecule has 1 aliphatic heterocycles. The summed E-state index contributed by atoms with van der Waals surface area (Å²) in [5.41, 5.74) is 5.20. The summed E-state index contributed by atoms with van der Waals surface area (Å²) in [5, 5.41) is 8.89. The second-order valence-electron chi connectivity index (χ2n) is 20.0. The molecule has 2 fully saturated rings. The monoisotopic (exact) mass is 1020 g/mol. The first-order valence-electron chi connectivity index (χ1n) is 26.2. The third-order valence-corrected chi connectivity index (χ3v) is 13.9. The van der Waals surface area contributed by atoms with Crippen LogP contribution in [0.4, 0.5) is 0 Å². The predicted octanol–water partition coefficient (Wildman–Crippen LogP) is 3.24. The van der Waals surface area contributed by atoms with Gasteiger partial charge in [0.2, 0.25) is 29.5 Å². The van der Waals surface area contributed by atoms with E-state index in [9.17, 15) is 24.0 Å². The number of carbonyl (C=O) groups is 5. The van der Waals surface area contributed by atoms with Crippen LogP contribution in [0.1, 0.15) is 99.0 Å². The Hall–Kier alpha value is -3.79. The third-order valence-electron chi connectivity index (χ3n) is 13.9. The molecule has 5 N–H and O–H groups in total. The van der Waals surface area contributed by atoms with Crippen LogP contribution in [0.15, 0.2) is 30.3 Å². The smallest absolute Gasteiger partial charge is 0.245 e. The molecular weight excluding hydrogens is 929 g/mol. The lowest BCUT2D eigenvalue weighted by atomic mass is 9.89. The van der Waals surface area contributed by atoms with Gasteiger partial charge >= 0.3 is 0 Å². The molecule has 0 spiro atoms. The van der Waals surface area contributed by atoms with Gasteiger partial charge < -0.3 is 69.4 Å². The van der Waals surface area contributed by atoms with E-state index in [1.807, 2.05) is 57.7 Å². The van der Waals surface area contributed by atoms with Crippen LogP contribution < -0.4 is 21.7 Å². The number of nitrogens with one attached hydrogen (secondary N) is 3. The van der Waals surface area contributed by atoms with Crippen LogP contribution in [-0.2, 0) is 67.3 Å². The maximum Gasteiger partial charge on any atom is 0.245 e. The number of hydrogen-bond acceptors (Lipinski definition) is 14. The van der Waals surface area contributed by atoms with Crippen molar-refractivity contribution in [2.45, 2.75) is 135 Å². The molecule has 19 nitrogen and oxygen atoms in total. The number of nitrogens with zero attached hydrogens (tertiary/aromatic N) is 2. The molecular formula is C53H92N6O13. The number of carbonyl (C=O) groups excluding carboxylic acids is 5. The van der Waals surface area contributed by atoms with Crippen LogP contribution >= 0.6 is 0 Å². The number of ether oxygens (including phenoxy) is 8. The number of likely N-dealkylation sites (N-methyl/N-ethyl adjacent to an activating group) is 1. The third kappa shape index (κ3) is 20.5. The Morgan fingerprint density at radius 2 is 1.35 bits per heavy atom. The van der Waals surface area contributed by atoms with Gasteiger partial charge in [-0.15, -0.1) is 0 Å². The lowest BCUT2D eigenvalue weighted by Crippen LogP contribution is -2.62. The van der Waals surface area contributed by atoms with Crippen LogP contribution in [0, 0.1) is 17.8 Å². The molecule has 1 aromatic carbocycles. The number of hydrogen-bond donors (Lipinski definition) is 4. The van der Waals surface area contributed by atoms with E-state index in [0.717, 1.165) is 19.3 Å². The molecule has 3 rings (SSSR count). The highest BCUT2D eigenvalue weighted by molar-refractivity contribution is 5.94. The molecule has 1 aliphatic carbocycles. The average molecular weight is 1020 g/mol. The largest absolute Gasteiger partial charge is 0.379 e. The summed E-state index contributed by atoms with van der Waals surface area (Å²) < 4.78 is 44.8. The molecule has 0 aromatic heterocycles. The van der Waals surface area contributed by atoms with E-state index in [1.54, 1.807) is 40.0 Å². The van der Waals surface area contributed by atoms with Crippen LogP contribution in [0.3, 0.4) is 0 Å². The first-order valence-corrected chi connectivity index (χ1v) is 26.2. The Morgan fingerprint density at radius 1 is 0.806 bits per heavy atom. The summed E-state index contributed by atoms with van der Waals surface area (Å²) in [6.07, 6.45) is 3.02. The highest BCUT2D eigenvalue weighted by atomic mass is 16.6. The van der Waals surface area contributed by atoms with Crippen molar-refractivity contribution in [2.75, 3.05) is 120 Å². The number of nitrogens with two attached hydrogens (primary N) is 1. The van der Waals surface area contributed by atoms with Crippen LogP contribution in [0.2, 0.25) is 0 Å². The predicted molar refractivity (Wildman–Crippen MR) is 274 cm³/mol. The van der Waals surface area contributed by atoms with E-state index in [4.69, 9.17) is 43.6 Å². The molecule has 7 atom stereocenters. The maximum atomic E-state index is 14.5. The molecule has 1 saturated carbocycles. The fourth-order valence-electron chi connectivity index (χ4n) is 9.21. The zero-order valence-corrected chi connectivity index (χ0v) is 45.3. The number of likely N-dealkylation sites (tertiary alicyclic amines) is 1. The first-order chi connectivity index (χ1) is 34.5. The van der Waals surface area contributed by atoms with Crippen molar-refractivity contribution in [1.82, 2.24) is 25.8 Å². The molecule has 19 heteroatoms. The van der Waals surface area contributed by atoms with E-state index in [1.165, 1.54) is 5.56 Å². The first kappa shape index (κ1) is 62.5. The van der Waals surface area contributed by atoms with Gasteiger partial charge in [-0.05, 0) is 56.9 Å². The van der Waals surface area contributed by atoms with E-state index in [0.29, 0.717) is 98.5 Å². The molecule has 72 heavy (non-hydrogen) atoms. The van der Waals surface area contributed by atoms with Crippen molar-refractivity contribution in [1.29, 1.82) is 0 Å². The molecule has 1 heterocycles. The van der Waals surface area contributed by atoms with Gasteiger partial charge in [0, 0.05) is 52.7 Å². The highest BCUT2D eigenvalue weighted by Crippen LogP contribution is 2.47. The van der Waals surface area contributed by atoms with Gasteiger partial charge in [0.15, 0.2) is 0 Å². The normalized spacial score (nSPS) is 17.9. The van der Waals surface area contributed by atoms with E-state index < -0.39 is 41.7 Å². The van der Waals surface area contributed by atoms with Gasteiger partial charge in [-0.1, -0.05) is 71.4 Å². The SMILES string of the molecule is CCC(C)C(C(CC(=O)N1CCC[C@H]1C(OC)C(C)C(=O)NCC1(c2ccccc2)CC1)OC)N(C)C(=O)C(NC(=O)C(C)(C)NC(=O)CCOCCOCCOCCOCCOCCOCCN)C(C)C. The fraction of sp³-hybridized carbons (Fsp3) is 0.792. The summed E-state index contributed by atoms with van der Waals surface area (Å²) in [7, 11) is 4.83. The molecule has 2 aliphatic rings.